The predicted octanol–water partition coefficient (Wildman–Crippen LogP) is 1.05. The highest BCUT2D eigenvalue weighted by Gasteiger charge is 2.09. The van der Waals surface area contributed by atoms with E-state index in [4.69, 9.17) is 0 Å². The van der Waals surface area contributed by atoms with E-state index >= 15 is 0 Å². The van der Waals surface area contributed by atoms with Crippen molar-refractivity contribution in [1.29, 1.82) is 0 Å². The van der Waals surface area contributed by atoms with Crippen LogP contribution in [0.2, 0.25) is 0 Å². The SMILES string of the molecule is COC(=O)/C=C/c1cnccc1C(=O)OC. The summed E-state index contributed by atoms with van der Waals surface area (Å²) in [6.07, 6.45) is 5.60. The number of rotatable bonds is 3. The van der Waals surface area contributed by atoms with Crippen LogP contribution in [0, 0.1) is 0 Å². The van der Waals surface area contributed by atoms with Crippen molar-refractivity contribution in [2.24, 2.45) is 0 Å². The Morgan fingerprint density at radius 1 is 1.31 bits per heavy atom. The van der Waals surface area contributed by atoms with Gasteiger partial charge in [0.2, 0.25) is 0 Å². The predicted molar refractivity (Wildman–Crippen MR) is 56.6 cm³/mol. The molecule has 0 aromatic carbocycles. The number of nitrogens with zero attached hydrogens (tertiary/aromatic N) is 1. The lowest BCUT2D eigenvalue weighted by Gasteiger charge is -2.02. The molecule has 0 amide bonds. The van der Waals surface area contributed by atoms with Crippen LogP contribution in [0.3, 0.4) is 0 Å². The van der Waals surface area contributed by atoms with Crippen LogP contribution in [-0.2, 0) is 14.3 Å². The van der Waals surface area contributed by atoms with E-state index < -0.39 is 11.9 Å². The Morgan fingerprint density at radius 2 is 2.06 bits per heavy atom. The minimum Gasteiger partial charge on any atom is -0.466 e. The second-order valence-corrected chi connectivity index (χ2v) is 2.81. The highest BCUT2D eigenvalue weighted by atomic mass is 16.5. The molecular weight excluding hydrogens is 210 g/mol. The summed E-state index contributed by atoms with van der Waals surface area (Å²) in [5.74, 6) is -0.980. The van der Waals surface area contributed by atoms with Gasteiger partial charge < -0.3 is 9.47 Å². The van der Waals surface area contributed by atoms with Crippen LogP contribution < -0.4 is 0 Å². The number of carbonyl (C=O) groups excluding carboxylic acids is 2. The molecule has 0 aliphatic heterocycles. The Balaban J connectivity index is 3.00. The third-order valence-corrected chi connectivity index (χ3v) is 1.86. The summed E-state index contributed by atoms with van der Waals surface area (Å²) < 4.78 is 9.03. The van der Waals surface area contributed by atoms with Crippen LogP contribution in [0.4, 0.5) is 0 Å². The van der Waals surface area contributed by atoms with Crippen LogP contribution in [0.1, 0.15) is 15.9 Å². The van der Waals surface area contributed by atoms with Gasteiger partial charge >= 0.3 is 11.9 Å². The summed E-state index contributed by atoms with van der Waals surface area (Å²) in [5.41, 5.74) is 0.845. The number of esters is 2. The van der Waals surface area contributed by atoms with Crippen molar-refractivity contribution in [3.63, 3.8) is 0 Å². The molecule has 0 saturated heterocycles. The van der Waals surface area contributed by atoms with Gasteiger partial charge in [-0.15, -0.1) is 0 Å². The molecule has 5 heteroatoms. The fourth-order valence-electron chi connectivity index (χ4n) is 1.06. The largest absolute Gasteiger partial charge is 0.466 e. The Kier molecular flexibility index (Phi) is 4.20. The van der Waals surface area contributed by atoms with Crippen LogP contribution in [0.25, 0.3) is 6.08 Å². The van der Waals surface area contributed by atoms with Gasteiger partial charge in [-0.05, 0) is 12.1 Å². The molecule has 16 heavy (non-hydrogen) atoms. The minimum atomic E-state index is -0.500. The number of hydrogen-bond donors (Lipinski definition) is 0. The molecule has 0 spiro atoms. The molecule has 0 N–H and O–H groups in total. The molecular formula is C11H11NO4. The molecule has 0 radical (unpaired) electrons. The number of ether oxygens (including phenoxy) is 2. The number of aromatic nitrogens is 1. The lowest BCUT2D eigenvalue weighted by molar-refractivity contribution is -0.134. The van der Waals surface area contributed by atoms with E-state index in [2.05, 4.69) is 14.5 Å². The van der Waals surface area contributed by atoms with Gasteiger partial charge in [0, 0.05) is 24.0 Å². The second kappa shape index (κ2) is 5.65. The molecule has 5 nitrogen and oxygen atoms in total. The van der Waals surface area contributed by atoms with Crippen molar-refractivity contribution in [3.05, 3.63) is 35.7 Å². The van der Waals surface area contributed by atoms with Gasteiger partial charge in [-0.3, -0.25) is 4.98 Å². The Labute approximate surface area is 92.7 Å². The first-order valence-corrected chi connectivity index (χ1v) is 4.47. The standard InChI is InChI=1S/C11H11NO4/c1-15-10(13)4-3-8-7-12-6-5-9(8)11(14)16-2/h3-7H,1-2H3/b4-3+. The molecule has 84 valence electrons. The van der Waals surface area contributed by atoms with Crippen LogP contribution in [0.15, 0.2) is 24.5 Å². The first kappa shape index (κ1) is 11.9. The van der Waals surface area contributed by atoms with Crippen molar-refractivity contribution in [2.45, 2.75) is 0 Å². The average Bonchev–Trinajstić information content (AvgIpc) is 2.35. The first-order chi connectivity index (χ1) is 7.69. The zero-order valence-electron chi connectivity index (χ0n) is 8.97. The molecule has 0 saturated carbocycles. The van der Waals surface area contributed by atoms with Gasteiger partial charge in [0.1, 0.15) is 0 Å². The summed E-state index contributed by atoms with van der Waals surface area (Å²) in [5, 5.41) is 0. The van der Waals surface area contributed by atoms with Crippen LogP contribution >= 0.6 is 0 Å². The Hall–Kier alpha value is -2.17. The van der Waals surface area contributed by atoms with Crippen LogP contribution in [0.5, 0.6) is 0 Å². The quantitative estimate of drug-likeness (QED) is 0.564. The second-order valence-electron chi connectivity index (χ2n) is 2.81. The average molecular weight is 221 g/mol. The molecule has 1 rings (SSSR count). The third-order valence-electron chi connectivity index (χ3n) is 1.86. The van der Waals surface area contributed by atoms with E-state index in [9.17, 15) is 9.59 Å². The Morgan fingerprint density at radius 3 is 2.69 bits per heavy atom. The van der Waals surface area contributed by atoms with Gasteiger partial charge in [-0.1, -0.05) is 0 Å². The molecule has 0 atom stereocenters. The lowest BCUT2D eigenvalue weighted by Crippen LogP contribution is -2.04. The first-order valence-electron chi connectivity index (χ1n) is 4.47. The minimum absolute atomic E-state index is 0.345. The van der Waals surface area contributed by atoms with E-state index in [-0.39, 0.29) is 0 Å². The molecule has 0 aliphatic carbocycles. The zero-order valence-corrected chi connectivity index (χ0v) is 8.97. The summed E-state index contributed by atoms with van der Waals surface area (Å²) in [7, 11) is 2.56. The van der Waals surface area contributed by atoms with Crippen LogP contribution in [-0.4, -0.2) is 31.1 Å². The molecule has 1 aromatic rings. The molecule has 1 heterocycles. The van der Waals surface area contributed by atoms with Gasteiger partial charge in [0.05, 0.1) is 19.8 Å². The summed E-state index contributed by atoms with van der Waals surface area (Å²) in [4.78, 5) is 26.1. The van der Waals surface area contributed by atoms with Crippen molar-refractivity contribution in [3.8, 4) is 0 Å². The fourth-order valence-corrected chi connectivity index (χ4v) is 1.06. The number of pyridine rings is 1. The molecule has 0 unspecified atom stereocenters. The number of methoxy groups -OCH3 is 2. The van der Waals surface area contributed by atoms with E-state index in [0.29, 0.717) is 11.1 Å². The van der Waals surface area contributed by atoms with Gasteiger partial charge in [0.25, 0.3) is 0 Å². The van der Waals surface area contributed by atoms with Gasteiger partial charge in [0.15, 0.2) is 0 Å². The van der Waals surface area contributed by atoms with E-state index in [0.717, 1.165) is 0 Å². The summed E-state index contributed by atoms with van der Waals surface area (Å²) in [6, 6.07) is 1.52. The van der Waals surface area contributed by atoms with E-state index in [1.165, 1.54) is 44.8 Å². The maximum absolute atomic E-state index is 11.3. The van der Waals surface area contributed by atoms with Gasteiger partial charge in [-0.25, -0.2) is 9.59 Å². The smallest absolute Gasteiger partial charge is 0.338 e. The lowest BCUT2D eigenvalue weighted by atomic mass is 10.1. The fraction of sp³-hybridized carbons (Fsp3) is 0.182. The topological polar surface area (TPSA) is 65.5 Å². The van der Waals surface area contributed by atoms with Crippen molar-refractivity contribution in [1.82, 2.24) is 4.98 Å². The highest BCUT2D eigenvalue weighted by molar-refractivity contribution is 5.95. The molecule has 1 aromatic heterocycles. The number of carbonyl (C=O) groups is 2. The highest BCUT2D eigenvalue weighted by Crippen LogP contribution is 2.10. The monoisotopic (exact) mass is 221 g/mol. The van der Waals surface area contributed by atoms with Gasteiger partial charge in [-0.2, -0.15) is 0 Å². The number of hydrogen-bond acceptors (Lipinski definition) is 5. The summed E-state index contributed by atoms with van der Waals surface area (Å²) in [6.45, 7) is 0. The van der Waals surface area contributed by atoms with Crippen molar-refractivity contribution in [2.75, 3.05) is 14.2 Å². The summed E-state index contributed by atoms with van der Waals surface area (Å²) >= 11 is 0. The third kappa shape index (κ3) is 2.91. The molecule has 0 fully saturated rings. The zero-order chi connectivity index (χ0) is 12.0. The normalized spacial score (nSPS) is 10.1. The van der Waals surface area contributed by atoms with E-state index in [1.54, 1.807) is 0 Å². The molecule has 0 aliphatic rings. The van der Waals surface area contributed by atoms with E-state index in [1.807, 2.05) is 0 Å². The van der Waals surface area contributed by atoms with Crippen molar-refractivity contribution >= 4 is 18.0 Å². The molecule has 0 bridgehead atoms. The van der Waals surface area contributed by atoms with Crippen molar-refractivity contribution < 1.29 is 19.1 Å². The maximum atomic E-state index is 11.3. The maximum Gasteiger partial charge on any atom is 0.338 e. The Bertz CT molecular complexity index is 426.